The van der Waals surface area contributed by atoms with E-state index in [4.69, 9.17) is 0 Å². The predicted octanol–water partition coefficient (Wildman–Crippen LogP) is 1.58. The molecule has 19 heavy (non-hydrogen) atoms. The maximum absolute atomic E-state index is 12.0. The lowest BCUT2D eigenvalue weighted by atomic mass is 10.1. The van der Waals surface area contributed by atoms with Crippen molar-refractivity contribution in [3.8, 4) is 0 Å². The van der Waals surface area contributed by atoms with Crippen molar-refractivity contribution in [2.45, 2.75) is 25.3 Å². The standard InChI is InChI=1S/C15H19N3O/c19-15(18-13-4-6-16-7-5-13)10-11-1-2-12-3-8-17-14(12)9-11/h1-3,8-9,13,16-17H,4-7,10H2,(H,18,19). The number of fused-ring (bicyclic) bond motifs is 1. The van der Waals surface area contributed by atoms with Crippen LogP contribution < -0.4 is 10.6 Å². The predicted molar refractivity (Wildman–Crippen MR) is 76.0 cm³/mol. The van der Waals surface area contributed by atoms with Crippen LogP contribution in [-0.2, 0) is 11.2 Å². The van der Waals surface area contributed by atoms with Crippen molar-refractivity contribution in [3.63, 3.8) is 0 Å². The smallest absolute Gasteiger partial charge is 0.224 e. The van der Waals surface area contributed by atoms with Crippen molar-refractivity contribution in [1.29, 1.82) is 0 Å². The second-order valence-electron chi connectivity index (χ2n) is 5.17. The van der Waals surface area contributed by atoms with Crippen LogP contribution in [0.25, 0.3) is 10.9 Å². The van der Waals surface area contributed by atoms with Crippen LogP contribution in [0.5, 0.6) is 0 Å². The molecule has 0 spiro atoms. The number of aromatic amines is 1. The number of nitrogens with one attached hydrogen (secondary N) is 3. The number of hydrogen-bond acceptors (Lipinski definition) is 2. The Morgan fingerprint density at radius 1 is 1.26 bits per heavy atom. The van der Waals surface area contributed by atoms with E-state index in [9.17, 15) is 4.79 Å². The average molecular weight is 257 g/mol. The van der Waals surface area contributed by atoms with Gasteiger partial charge in [0.05, 0.1) is 6.42 Å². The van der Waals surface area contributed by atoms with E-state index in [2.05, 4.69) is 27.8 Å². The summed E-state index contributed by atoms with van der Waals surface area (Å²) in [5.41, 5.74) is 2.15. The average Bonchev–Trinajstić information content (AvgIpc) is 2.87. The van der Waals surface area contributed by atoms with E-state index in [0.717, 1.165) is 37.0 Å². The zero-order chi connectivity index (χ0) is 13.1. The number of piperidine rings is 1. The van der Waals surface area contributed by atoms with E-state index in [1.807, 2.05) is 18.3 Å². The third-order valence-corrected chi connectivity index (χ3v) is 3.69. The first-order valence-electron chi connectivity index (χ1n) is 6.87. The quantitative estimate of drug-likeness (QED) is 0.782. The highest BCUT2D eigenvalue weighted by atomic mass is 16.1. The van der Waals surface area contributed by atoms with Crippen molar-refractivity contribution in [2.24, 2.45) is 0 Å². The molecule has 0 unspecified atom stereocenters. The summed E-state index contributed by atoms with van der Waals surface area (Å²) in [5, 5.41) is 7.60. The van der Waals surface area contributed by atoms with Gasteiger partial charge in [0.25, 0.3) is 0 Å². The molecule has 100 valence electrons. The lowest BCUT2D eigenvalue weighted by Gasteiger charge is -2.23. The van der Waals surface area contributed by atoms with Gasteiger partial charge in [0.1, 0.15) is 0 Å². The monoisotopic (exact) mass is 257 g/mol. The number of carbonyl (C=O) groups excluding carboxylic acids is 1. The van der Waals surface area contributed by atoms with Crippen LogP contribution in [-0.4, -0.2) is 30.0 Å². The van der Waals surface area contributed by atoms with Gasteiger partial charge < -0.3 is 15.6 Å². The summed E-state index contributed by atoms with van der Waals surface area (Å²) in [7, 11) is 0. The van der Waals surface area contributed by atoms with Crippen LogP contribution in [0, 0.1) is 0 Å². The largest absolute Gasteiger partial charge is 0.361 e. The summed E-state index contributed by atoms with van der Waals surface area (Å²) in [6.07, 6.45) is 4.44. The topological polar surface area (TPSA) is 56.9 Å². The van der Waals surface area contributed by atoms with Gasteiger partial charge in [0.15, 0.2) is 0 Å². The summed E-state index contributed by atoms with van der Waals surface area (Å²) in [5.74, 6) is 0.123. The van der Waals surface area contributed by atoms with E-state index in [0.29, 0.717) is 12.5 Å². The van der Waals surface area contributed by atoms with Crippen LogP contribution in [0.1, 0.15) is 18.4 Å². The van der Waals surface area contributed by atoms with E-state index in [-0.39, 0.29) is 5.91 Å². The molecule has 1 aromatic heterocycles. The SMILES string of the molecule is O=C(Cc1ccc2cc[nH]c2c1)NC1CCNCC1. The van der Waals surface area contributed by atoms with Gasteiger partial charge in [-0.1, -0.05) is 12.1 Å². The minimum Gasteiger partial charge on any atom is -0.361 e. The Bertz CT molecular complexity index is 570. The number of rotatable bonds is 3. The fourth-order valence-electron chi connectivity index (χ4n) is 2.64. The summed E-state index contributed by atoms with van der Waals surface area (Å²) in [4.78, 5) is 15.2. The molecule has 1 aliphatic heterocycles. The van der Waals surface area contributed by atoms with E-state index >= 15 is 0 Å². The number of hydrogen-bond donors (Lipinski definition) is 3. The molecule has 1 aliphatic rings. The molecule has 1 aromatic carbocycles. The summed E-state index contributed by atoms with van der Waals surface area (Å²) < 4.78 is 0. The van der Waals surface area contributed by atoms with Crippen molar-refractivity contribution in [3.05, 3.63) is 36.0 Å². The minimum atomic E-state index is 0.123. The van der Waals surface area contributed by atoms with Crippen molar-refractivity contribution >= 4 is 16.8 Å². The van der Waals surface area contributed by atoms with E-state index < -0.39 is 0 Å². The molecule has 0 radical (unpaired) electrons. The molecule has 0 aliphatic carbocycles. The highest BCUT2D eigenvalue weighted by molar-refractivity contribution is 5.83. The highest BCUT2D eigenvalue weighted by Crippen LogP contribution is 2.14. The Labute approximate surface area is 112 Å². The number of aromatic nitrogens is 1. The Balaban J connectivity index is 1.61. The van der Waals surface area contributed by atoms with Gasteiger partial charge in [-0.15, -0.1) is 0 Å². The van der Waals surface area contributed by atoms with Crippen LogP contribution in [0.3, 0.4) is 0 Å². The van der Waals surface area contributed by atoms with E-state index in [1.165, 1.54) is 5.39 Å². The van der Waals surface area contributed by atoms with Gasteiger partial charge in [0.2, 0.25) is 5.91 Å². The van der Waals surface area contributed by atoms with Crippen molar-refractivity contribution < 1.29 is 4.79 Å². The molecule has 4 heteroatoms. The molecule has 2 aromatic rings. The van der Waals surface area contributed by atoms with E-state index in [1.54, 1.807) is 0 Å². The van der Waals surface area contributed by atoms with Gasteiger partial charge in [-0.3, -0.25) is 4.79 Å². The number of amides is 1. The third-order valence-electron chi connectivity index (χ3n) is 3.69. The van der Waals surface area contributed by atoms with Crippen LogP contribution in [0.2, 0.25) is 0 Å². The summed E-state index contributed by atoms with van der Waals surface area (Å²) in [6.45, 7) is 2.00. The zero-order valence-corrected chi connectivity index (χ0v) is 10.9. The summed E-state index contributed by atoms with van der Waals surface area (Å²) in [6, 6.07) is 8.51. The van der Waals surface area contributed by atoms with Gasteiger partial charge in [-0.05, 0) is 49.0 Å². The molecular weight excluding hydrogens is 238 g/mol. The molecule has 0 atom stereocenters. The first-order valence-corrected chi connectivity index (χ1v) is 6.87. The molecule has 4 nitrogen and oxygen atoms in total. The number of carbonyl (C=O) groups is 1. The first kappa shape index (κ1) is 12.2. The Hall–Kier alpha value is -1.81. The molecule has 0 saturated carbocycles. The fraction of sp³-hybridized carbons (Fsp3) is 0.400. The maximum Gasteiger partial charge on any atom is 0.224 e. The molecule has 1 amide bonds. The Kier molecular flexibility index (Phi) is 3.51. The van der Waals surface area contributed by atoms with Gasteiger partial charge in [0, 0.05) is 17.8 Å². The normalized spacial score (nSPS) is 16.6. The van der Waals surface area contributed by atoms with Crippen LogP contribution in [0.4, 0.5) is 0 Å². The zero-order valence-electron chi connectivity index (χ0n) is 10.9. The molecule has 0 bridgehead atoms. The van der Waals surface area contributed by atoms with Gasteiger partial charge in [-0.2, -0.15) is 0 Å². The molecule has 2 heterocycles. The second-order valence-corrected chi connectivity index (χ2v) is 5.17. The minimum absolute atomic E-state index is 0.123. The molecule has 1 saturated heterocycles. The second kappa shape index (κ2) is 5.45. The fourth-order valence-corrected chi connectivity index (χ4v) is 2.64. The lowest BCUT2D eigenvalue weighted by molar-refractivity contribution is -0.121. The van der Waals surface area contributed by atoms with Gasteiger partial charge >= 0.3 is 0 Å². The molecule has 3 N–H and O–H groups in total. The number of H-pyrrole nitrogens is 1. The van der Waals surface area contributed by atoms with Crippen LogP contribution >= 0.6 is 0 Å². The Morgan fingerprint density at radius 2 is 2.11 bits per heavy atom. The molecule has 3 rings (SSSR count). The van der Waals surface area contributed by atoms with Crippen molar-refractivity contribution in [2.75, 3.05) is 13.1 Å². The van der Waals surface area contributed by atoms with Crippen LogP contribution in [0.15, 0.2) is 30.5 Å². The third kappa shape index (κ3) is 2.96. The molecular formula is C15H19N3O. The van der Waals surface area contributed by atoms with Crippen molar-refractivity contribution in [1.82, 2.24) is 15.6 Å². The lowest BCUT2D eigenvalue weighted by Crippen LogP contribution is -2.43. The Morgan fingerprint density at radius 3 is 2.95 bits per heavy atom. The number of benzene rings is 1. The highest BCUT2D eigenvalue weighted by Gasteiger charge is 2.15. The van der Waals surface area contributed by atoms with Gasteiger partial charge in [-0.25, -0.2) is 0 Å². The summed E-state index contributed by atoms with van der Waals surface area (Å²) >= 11 is 0. The maximum atomic E-state index is 12.0. The first-order chi connectivity index (χ1) is 9.31. The molecule has 1 fully saturated rings.